The second-order valence-corrected chi connectivity index (χ2v) is 4.10. The molecule has 0 bridgehead atoms. The number of aromatic nitrogens is 2. The van der Waals surface area contributed by atoms with E-state index in [1.807, 2.05) is 13.8 Å². The Morgan fingerprint density at radius 2 is 2.20 bits per heavy atom. The Morgan fingerprint density at radius 3 is 2.87 bits per heavy atom. The van der Waals surface area contributed by atoms with Crippen LogP contribution in [0.25, 0.3) is 11.0 Å². The van der Waals surface area contributed by atoms with Crippen LogP contribution in [0, 0.1) is 11.7 Å². The Kier molecular flexibility index (Phi) is 2.34. The number of nitrogens with zero attached hydrogens (tertiary/aromatic N) is 1. The van der Waals surface area contributed by atoms with Crippen molar-refractivity contribution in [3.8, 4) is 0 Å². The molecule has 0 fully saturated rings. The Bertz CT molecular complexity index is 539. The smallest absolute Gasteiger partial charge is 0.306 e. The monoisotopic (exact) mass is 208 g/mol. The summed E-state index contributed by atoms with van der Waals surface area (Å²) < 4.78 is 14.6. The molecule has 0 unspecified atom stereocenters. The average Bonchev–Trinajstić information content (AvgIpc) is 2.43. The molecule has 80 valence electrons. The largest absolute Gasteiger partial charge is 0.326 e. The lowest BCUT2D eigenvalue weighted by Crippen LogP contribution is -2.19. The average molecular weight is 208 g/mol. The highest BCUT2D eigenvalue weighted by Crippen LogP contribution is 2.13. The van der Waals surface area contributed by atoms with Gasteiger partial charge in [0.15, 0.2) is 0 Å². The number of aromatic amines is 1. The fraction of sp³-hybridized carbons (Fsp3) is 0.364. The molecule has 0 saturated carbocycles. The van der Waals surface area contributed by atoms with Gasteiger partial charge in [-0.2, -0.15) is 0 Å². The van der Waals surface area contributed by atoms with Gasteiger partial charge in [-0.15, -0.1) is 0 Å². The van der Waals surface area contributed by atoms with Crippen LogP contribution < -0.4 is 5.69 Å². The number of benzene rings is 1. The van der Waals surface area contributed by atoms with E-state index in [9.17, 15) is 9.18 Å². The van der Waals surface area contributed by atoms with Crippen molar-refractivity contribution in [2.24, 2.45) is 5.92 Å². The summed E-state index contributed by atoms with van der Waals surface area (Å²) >= 11 is 0. The number of hydrogen-bond donors (Lipinski definition) is 1. The van der Waals surface area contributed by atoms with E-state index < -0.39 is 0 Å². The van der Waals surface area contributed by atoms with Gasteiger partial charge in [0.1, 0.15) is 5.82 Å². The Labute approximate surface area is 86.5 Å². The van der Waals surface area contributed by atoms with Crippen molar-refractivity contribution in [1.29, 1.82) is 0 Å². The van der Waals surface area contributed by atoms with E-state index in [0.717, 1.165) is 0 Å². The molecule has 0 amide bonds. The van der Waals surface area contributed by atoms with E-state index in [0.29, 0.717) is 23.5 Å². The van der Waals surface area contributed by atoms with E-state index in [-0.39, 0.29) is 11.5 Å². The van der Waals surface area contributed by atoms with Crippen molar-refractivity contribution >= 4 is 11.0 Å². The van der Waals surface area contributed by atoms with Gasteiger partial charge >= 0.3 is 5.69 Å². The second-order valence-electron chi connectivity index (χ2n) is 4.10. The third-order valence-electron chi connectivity index (χ3n) is 2.29. The molecule has 0 radical (unpaired) electrons. The van der Waals surface area contributed by atoms with Gasteiger partial charge in [-0.1, -0.05) is 13.8 Å². The first kappa shape index (κ1) is 9.96. The number of rotatable bonds is 2. The lowest BCUT2D eigenvalue weighted by Gasteiger charge is -2.05. The summed E-state index contributed by atoms with van der Waals surface area (Å²) in [7, 11) is 0. The number of hydrogen-bond acceptors (Lipinski definition) is 1. The van der Waals surface area contributed by atoms with Gasteiger partial charge in [0.2, 0.25) is 0 Å². The predicted molar refractivity (Wildman–Crippen MR) is 57.4 cm³/mol. The minimum Gasteiger partial charge on any atom is -0.306 e. The van der Waals surface area contributed by atoms with Gasteiger partial charge in [0.25, 0.3) is 0 Å². The molecule has 0 aliphatic heterocycles. The fourth-order valence-electron chi connectivity index (χ4n) is 1.67. The molecule has 4 heteroatoms. The van der Waals surface area contributed by atoms with E-state index in [1.165, 1.54) is 12.1 Å². The molecule has 0 atom stereocenters. The summed E-state index contributed by atoms with van der Waals surface area (Å²) in [5.41, 5.74) is 1.14. The first-order valence-corrected chi connectivity index (χ1v) is 4.96. The minimum atomic E-state index is -0.320. The molecule has 15 heavy (non-hydrogen) atoms. The van der Waals surface area contributed by atoms with Crippen molar-refractivity contribution in [2.45, 2.75) is 20.4 Å². The number of halogens is 1. The maximum Gasteiger partial charge on any atom is 0.326 e. The molecule has 0 aliphatic carbocycles. The van der Waals surface area contributed by atoms with Crippen molar-refractivity contribution in [3.05, 3.63) is 34.5 Å². The standard InChI is InChI=1S/C11H13FN2O/c1-7(2)6-14-10-5-8(12)3-4-9(10)13-11(14)15/h3-5,7H,6H2,1-2H3,(H,13,15). The zero-order valence-corrected chi connectivity index (χ0v) is 8.75. The van der Waals surface area contributed by atoms with Gasteiger partial charge in [0, 0.05) is 6.54 Å². The van der Waals surface area contributed by atoms with Crippen molar-refractivity contribution in [2.75, 3.05) is 0 Å². The lowest BCUT2D eigenvalue weighted by molar-refractivity contribution is 0.521. The first-order valence-electron chi connectivity index (χ1n) is 4.96. The molecule has 1 heterocycles. The molecule has 0 spiro atoms. The van der Waals surface area contributed by atoms with E-state index in [1.54, 1.807) is 10.6 Å². The molecule has 3 nitrogen and oxygen atoms in total. The Hall–Kier alpha value is -1.58. The molecule has 1 N–H and O–H groups in total. The van der Waals surface area contributed by atoms with Crippen LogP contribution in [0.3, 0.4) is 0 Å². The topological polar surface area (TPSA) is 37.8 Å². The number of H-pyrrole nitrogens is 1. The maximum absolute atomic E-state index is 13.0. The minimum absolute atomic E-state index is 0.177. The van der Waals surface area contributed by atoms with E-state index in [2.05, 4.69) is 4.98 Å². The highest BCUT2D eigenvalue weighted by Gasteiger charge is 2.08. The third kappa shape index (κ3) is 1.79. The van der Waals surface area contributed by atoms with Gasteiger partial charge in [-0.3, -0.25) is 4.57 Å². The van der Waals surface area contributed by atoms with Crippen LogP contribution in [0.1, 0.15) is 13.8 Å². The second kappa shape index (κ2) is 3.53. The lowest BCUT2D eigenvalue weighted by atomic mass is 10.2. The molecule has 2 aromatic rings. The number of imidazole rings is 1. The highest BCUT2D eigenvalue weighted by molar-refractivity contribution is 5.75. The molecule has 2 rings (SSSR count). The quantitative estimate of drug-likeness (QED) is 0.806. The van der Waals surface area contributed by atoms with Crippen LogP contribution in [-0.2, 0) is 6.54 Å². The predicted octanol–water partition coefficient (Wildman–Crippen LogP) is 2.12. The molecule has 0 aliphatic rings. The van der Waals surface area contributed by atoms with E-state index in [4.69, 9.17) is 0 Å². The summed E-state index contributed by atoms with van der Waals surface area (Å²) in [5, 5.41) is 0. The molecule has 0 saturated heterocycles. The van der Waals surface area contributed by atoms with Crippen LogP contribution in [0.5, 0.6) is 0 Å². The van der Waals surface area contributed by atoms with Crippen LogP contribution in [0.2, 0.25) is 0 Å². The van der Waals surface area contributed by atoms with Crippen LogP contribution >= 0.6 is 0 Å². The van der Waals surface area contributed by atoms with Crippen molar-refractivity contribution < 1.29 is 4.39 Å². The molecule has 1 aromatic carbocycles. The van der Waals surface area contributed by atoms with Gasteiger partial charge in [-0.25, -0.2) is 9.18 Å². The van der Waals surface area contributed by atoms with Crippen molar-refractivity contribution in [1.82, 2.24) is 9.55 Å². The SMILES string of the molecule is CC(C)Cn1c(=O)[nH]c2ccc(F)cc21. The number of nitrogens with one attached hydrogen (secondary N) is 1. The fourth-order valence-corrected chi connectivity index (χ4v) is 1.67. The third-order valence-corrected chi connectivity index (χ3v) is 2.29. The van der Waals surface area contributed by atoms with Crippen LogP contribution in [0.15, 0.2) is 23.0 Å². The maximum atomic E-state index is 13.0. The Balaban J connectivity index is 2.65. The zero-order valence-electron chi connectivity index (χ0n) is 8.75. The zero-order chi connectivity index (χ0) is 11.0. The summed E-state index contributed by atoms with van der Waals surface area (Å²) in [4.78, 5) is 14.3. The summed E-state index contributed by atoms with van der Waals surface area (Å²) in [5.74, 6) is 0.0315. The molecule has 1 aromatic heterocycles. The molecular formula is C11H13FN2O. The highest BCUT2D eigenvalue weighted by atomic mass is 19.1. The van der Waals surface area contributed by atoms with Gasteiger partial charge in [-0.05, 0) is 24.1 Å². The summed E-state index contributed by atoms with van der Waals surface area (Å²) in [6.45, 7) is 4.64. The summed E-state index contributed by atoms with van der Waals surface area (Å²) in [6, 6.07) is 4.32. The van der Waals surface area contributed by atoms with Crippen LogP contribution in [0.4, 0.5) is 4.39 Å². The normalized spacial score (nSPS) is 11.5. The van der Waals surface area contributed by atoms with Gasteiger partial charge in [0.05, 0.1) is 11.0 Å². The van der Waals surface area contributed by atoms with Crippen LogP contribution in [-0.4, -0.2) is 9.55 Å². The van der Waals surface area contributed by atoms with E-state index >= 15 is 0 Å². The summed E-state index contributed by atoms with van der Waals surface area (Å²) in [6.07, 6.45) is 0. The number of fused-ring (bicyclic) bond motifs is 1. The molecular weight excluding hydrogens is 195 g/mol. The van der Waals surface area contributed by atoms with Crippen molar-refractivity contribution in [3.63, 3.8) is 0 Å². The first-order chi connectivity index (χ1) is 7.08. The Morgan fingerprint density at radius 1 is 1.47 bits per heavy atom. The van der Waals surface area contributed by atoms with Gasteiger partial charge < -0.3 is 4.98 Å².